The monoisotopic (exact) mass is 352 g/mol. The number of unbranched alkanes of at least 4 members (excludes halogenated alkanes) is 7. The Morgan fingerprint density at radius 2 is 1.88 bits per heavy atom. The second kappa shape index (κ2) is 13.1. The van der Waals surface area contributed by atoms with E-state index in [1.807, 2.05) is 0 Å². The Balaban J connectivity index is 2.28. The number of Topliss-reactive ketones (excluding diaryl/α,β-unsaturated/α-hetero) is 1. The zero-order valence-electron chi connectivity index (χ0n) is 16.0. The summed E-state index contributed by atoms with van der Waals surface area (Å²) >= 11 is 0. The number of ether oxygens (including phenoxy) is 1. The van der Waals surface area contributed by atoms with E-state index >= 15 is 0 Å². The first-order valence-corrected chi connectivity index (χ1v) is 10.0. The van der Waals surface area contributed by atoms with Crippen molar-refractivity contribution in [3.63, 3.8) is 0 Å². The van der Waals surface area contributed by atoms with Gasteiger partial charge in [0.05, 0.1) is 13.2 Å². The number of hydrogen-bond donors (Lipinski definition) is 1. The molecule has 0 amide bonds. The third kappa shape index (κ3) is 8.66. The molecule has 0 radical (unpaired) electrons. The molecule has 1 saturated carbocycles. The quantitative estimate of drug-likeness (QED) is 0.299. The van der Waals surface area contributed by atoms with Crippen molar-refractivity contribution in [1.29, 1.82) is 0 Å². The van der Waals surface area contributed by atoms with E-state index in [0.29, 0.717) is 12.8 Å². The number of hydrogen-bond acceptors (Lipinski definition) is 4. The zero-order chi connectivity index (χ0) is 18.5. The van der Waals surface area contributed by atoms with Gasteiger partial charge in [-0.3, -0.25) is 9.59 Å². The molecule has 1 aliphatic carbocycles. The second-order valence-electron chi connectivity index (χ2n) is 7.23. The lowest BCUT2D eigenvalue weighted by Gasteiger charge is -2.17. The number of aliphatic hydroxyl groups excluding tert-OH is 1. The SMILES string of the molecule is CCCCCC/C=C/C1C(O)CC(=O)C1CCCCCCC(=O)OC. The molecular formula is C21H36O4. The summed E-state index contributed by atoms with van der Waals surface area (Å²) in [6.45, 7) is 2.20. The van der Waals surface area contributed by atoms with Crippen LogP contribution in [0.4, 0.5) is 0 Å². The first-order chi connectivity index (χ1) is 12.1. The lowest BCUT2D eigenvalue weighted by Crippen LogP contribution is -2.18. The normalized spacial score (nSPS) is 23.5. The lowest BCUT2D eigenvalue weighted by atomic mass is 9.88. The van der Waals surface area contributed by atoms with Gasteiger partial charge in [-0.15, -0.1) is 0 Å². The molecule has 1 aliphatic rings. The Labute approximate surface area is 153 Å². The molecular weight excluding hydrogens is 316 g/mol. The van der Waals surface area contributed by atoms with Crippen LogP contribution in [-0.2, 0) is 14.3 Å². The van der Waals surface area contributed by atoms with Gasteiger partial charge in [-0.1, -0.05) is 57.6 Å². The van der Waals surface area contributed by atoms with E-state index in [1.54, 1.807) is 0 Å². The molecule has 0 aromatic carbocycles. The molecule has 1 fully saturated rings. The third-order valence-corrected chi connectivity index (χ3v) is 5.19. The Morgan fingerprint density at radius 3 is 2.60 bits per heavy atom. The molecule has 0 heterocycles. The first-order valence-electron chi connectivity index (χ1n) is 10.0. The summed E-state index contributed by atoms with van der Waals surface area (Å²) in [6.07, 6.45) is 15.2. The molecule has 25 heavy (non-hydrogen) atoms. The van der Waals surface area contributed by atoms with Crippen molar-refractivity contribution in [3.05, 3.63) is 12.2 Å². The third-order valence-electron chi connectivity index (χ3n) is 5.19. The number of rotatable bonds is 13. The van der Waals surface area contributed by atoms with Gasteiger partial charge in [0.1, 0.15) is 5.78 Å². The minimum atomic E-state index is -0.510. The van der Waals surface area contributed by atoms with E-state index in [9.17, 15) is 14.7 Å². The van der Waals surface area contributed by atoms with Crippen LogP contribution in [0.5, 0.6) is 0 Å². The van der Waals surface area contributed by atoms with Crippen LogP contribution in [0.15, 0.2) is 12.2 Å². The van der Waals surface area contributed by atoms with Gasteiger partial charge in [-0.2, -0.15) is 0 Å². The summed E-state index contributed by atoms with van der Waals surface area (Å²) in [4.78, 5) is 23.2. The average molecular weight is 353 g/mol. The van der Waals surface area contributed by atoms with Crippen LogP contribution >= 0.6 is 0 Å². The molecule has 0 spiro atoms. The molecule has 1 N–H and O–H groups in total. The molecule has 3 atom stereocenters. The topological polar surface area (TPSA) is 63.6 Å². The molecule has 0 saturated heterocycles. The predicted octanol–water partition coefficient (Wildman–Crippen LogP) is 4.59. The highest BCUT2D eigenvalue weighted by Gasteiger charge is 2.39. The van der Waals surface area contributed by atoms with Crippen LogP contribution in [0.2, 0.25) is 0 Å². The van der Waals surface area contributed by atoms with Crippen LogP contribution in [0.1, 0.15) is 84.0 Å². The van der Waals surface area contributed by atoms with Crippen molar-refractivity contribution in [1.82, 2.24) is 0 Å². The largest absolute Gasteiger partial charge is 0.469 e. The van der Waals surface area contributed by atoms with Crippen LogP contribution in [-0.4, -0.2) is 30.1 Å². The fourth-order valence-electron chi connectivity index (χ4n) is 3.62. The molecule has 1 rings (SSSR count). The van der Waals surface area contributed by atoms with Gasteiger partial charge in [0.2, 0.25) is 0 Å². The zero-order valence-corrected chi connectivity index (χ0v) is 16.0. The molecule has 4 heteroatoms. The number of allylic oxidation sites excluding steroid dienone is 1. The van der Waals surface area contributed by atoms with Crippen LogP contribution in [0, 0.1) is 11.8 Å². The minimum Gasteiger partial charge on any atom is -0.469 e. The van der Waals surface area contributed by atoms with Gasteiger partial charge in [-0.25, -0.2) is 0 Å². The molecule has 4 nitrogen and oxygen atoms in total. The van der Waals surface area contributed by atoms with E-state index in [4.69, 9.17) is 0 Å². The van der Waals surface area contributed by atoms with Crippen molar-refractivity contribution in [3.8, 4) is 0 Å². The predicted molar refractivity (Wildman–Crippen MR) is 100 cm³/mol. The van der Waals surface area contributed by atoms with E-state index in [0.717, 1.165) is 38.5 Å². The van der Waals surface area contributed by atoms with Gasteiger partial charge >= 0.3 is 5.97 Å². The van der Waals surface area contributed by atoms with E-state index in [1.165, 1.54) is 32.8 Å². The number of aliphatic hydroxyl groups is 1. The van der Waals surface area contributed by atoms with E-state index in [2.05, 4.69) is 23.8 Å². The lowest BCUT2D eigenvalue weighted by molar-refractivity contribution is -0.140. The number of carbonyl (C=O) groups is 2. The fourth-order valence-corrected chi connectivity index (χ4v) is 3.62. The number of esters is 1. The van der Waals surface area contributed by atoms with Crippen molar-refractivity contribution in [2.45, 2.75) is 90.1 Å². The van der Waals surface area contributed by atoms with Gasteiger partial charge in [0.25, 0.3) is 0 Å². The second-order valence-corrected chi connectivity index (χ2v) is 7.23. The van der Waals surface area contributed by atoms with Crippen molar-refractivity contribution >= 4 is 11.8 Å². The van der Waals surface area contributed by atoms with Crippen molar-refractivity contribution < 1.29 is 19.4 Å². The standard InChI is InChI=1S/C21H36O4/c1-3-4-5-6-7-10-13-17-18(20(23)16-19(17)22)14-11-8-9-12-15-21(24)25-2/h10,13,17-19,22H,3-9,11-12,14-16H2,1-2H3/b13-10+. The minimum absolute atomic E-state index is 0.00579. The highest BCUT2D eigenvalue weighted by Crippen LogP contribution is 2.34. The maximum absolute atomic E-state index is 12.2. The van der Waals surface area contributed by atoms with E-state index in [-0.39, 0.29) is 23.6 Å². The average Bonchev–Trinajstić information content (AvgIpc) is 2.87. The smallest absolute Gasteiger partial charge is 0.305 e. The fraction of sp³-hybridized carbons (Fsp3) is 0.810. The summed E-state index contributed by atoms with van der Waals surface area (Å²) in [5.41, 5.74) is 0. The van der Waals surface area contributed by atoms with Crippen LogP contribution in [0.3, 0.4) is 0 Å². The molecule has 0 aromatic heterocycles. The maximum Gasteiger partial charge on any atom is 0.305 e. The number of ketones is 1. The summed E-state index contributed by atoms with van der Waals surface area (Å²) in [5.74, 6) is 0.0252. The summed E-state index contributed by atoms with van der Waals surface area (Å²) < 4.78 is 4.63. The summed E-state index contributed by atoms with van der Waals surface area (Å²) in [7, 11) is 1.41. The Hall–Kier alpha value is -1.16. The van der Waals surface area contributed by atoms with Crippen LogP contribution < -0.4 is 0 Å². The Bertz CT molecular complexity index is 416. The molecule has 144 valence electrons. The molecule has 3 unspecified atom stereocenters. The number of methoxy groups -OCH3 is 1. The molecule has 0 aromatic rings. The van der Waals surface area contributed by atoms with Crippen LogP contribution in [0.25, 0.3) is 0 Å². The Kier molecular flexibility index (Phi) is 11.5. The molecule has 0 bridgehead atoms. The van der Waals surface area contributed by atoms with Gasteiger partial charge in [-0.05, 0) is 25.7 Å². The highest BCUT2D eigenvalue weighted by molar-refractivity contribution is 5.84. The summed E-state index contributed by atoms with van der Waals surface area (Å²) in [5, 5.41) is 10.2. The van der Waals surface area contributed by atoms with Gasteiger partial charge < -0.3 is 9.84 Å². The van der Waals surface area contributed by atoms with Crippen molar-refractivity contribution in [2.75, 3.05) is 7.11 Å². The maximum atomic E-state index is 12.2. The van der Waals surface area contributed by atoms with E-state index < -0.39 is 6.10 Å². The Morgan fingerprint density at radius 1 is 1.16 bits per heavy atom. The summed E-state index contributed by atoms with van der Waals surface area (Å²) in [6, 6.07) is 0. The van der Waals surface area contributed by atoms with Gasteiger partial charge in [0.15, 0.2) is 0 Å². The molecule has 0 aliphatic heterocycles. The first kappa shape index (κ1) is 21.9. The van der Waals surface area contributed by atoms with Gasteiger partial charge in [0, 0.05) is 24.7 Å². The highest BCUT2D eigenvalue weighted by atomic mass is 16.5. The number of carbonyl (C=O) groups excluding carboxylic acids is 2. The van der Waals surface area contributed by atoms with Crippen molar-refractivity contribution in [2.24, 2.45) is 11.8 Å².